The average Bonchev–Trinajstić information content (AvgIpc) is 3.09. The molecule has 0 saturated carbocycles. The summed E-state index contributed by atoms with van der Waals surface area (Å²) in [7, 11) is 0. The molecule has 15 N–H and O–H groups in total. The summed E-state index contributed by atoms with van der Waals surface area (Å²) in [5.41, 5.74) is 5.41. The van der Waals surface area contributed by atoms with Crippen molar-refractivity contribution in [1.82, 2.24) is 0 Å². The van der Waals surface area contributed by atoms with Gasteiger partial charge in [-0.15, -0.1) is 0 Å². The van der Waals surface area contributed by atoms with Crippen LogP contribution in [-0.4, -0.2) is 228 Å². The summed E-state index contributed by atoms with van der Waals surface area (Å²) in [6, 6.07) is 0. The maximum atomic E-state index is 12.0. The Hall–Kier alpha value is -1.86. The molecular formula is C27H45NO23. The zero-order valence-corrected chi connectivity index (χ0v) is 26.6. The minimum Gasteiger partial charge on any atom is -0.479 e. The molecule has 24 nitrogen and oxygen atoms in total. The molecule has 4 aliphatic heterocycles. The SMILES string of the molecule is NCCCO[C@@H]1OC(CO)[C@@H](O[C@@H]2OC(C(=O)O)[C@@H](O)C(O[C@@H]3OC(CO)[C@@H](O[C@@H]4OC(C(=O)O)[C@@H](O)C(O)[C@@H]4O)[C@H](O)C3O)[C@@H]2O)C(O)[C@@H]1O. The number of rotatable bonds is 14. The lowest BCUT2D eigenvalue weighted by Gasteiger charge is -2.48. The van der Waals surface area contributed by atoms with Crippen LogP contribution in [0.4, 0.5) is 0 Å². The van der Waals surface area contributed by atoms with E-state index in [2.05, 4.69) is 0 Å². The number of hydrogen-bond acceptors (Lipinski definition) is 22. The van der Waals surface area contributed by atoms with Gasteiger partial charge in [-0.2, -0.15) is 0 Å². The van der Waals surface area contributed by atoms with Gasteiger partial charge in [0.15, 0.2) is 37.4 Å². The number of aliphatic carboxylic acids is 2. The Labute approximate surface area is 287 Å². The highest BCUT2D eigenvalue weighted by Gasteiger charge is 2.56. The summed E-state index contributed by atoms with van der Waals surface area (Å²) < 4.78 is 42.9. The molecule has 4 aliphatic rings. The van der Waals surface area contributed by atoms with Gasteiger partial charge in [-0.25, -0.2) is 9.59 Å². The highest BCUT2D eigenvalue weighted by atomic mass is 16.8. The van der Waals surface area contributed by atoms with Crippen LogP contribution in [0, 0.1) is 0 Å². The highest BCUT2D eigenvalue weighted by Crippen LogP contribution is 2.34. The molecule has 0 spiro atoms. The van der Waals surface area contributed by atoms with E-state index in [1.54, 1.807) is 0 Å². The van der Waals surface area contributed by atoms with E-state index in [1.165, 1.54) is 0 Å². The molecule has 51 heavy (non-hydrogen) atoms. The number of carbonyl (C=O) groups is 2. The second kappa shape index (κ2) is 18.0. The van der Waals surface area contributed by atoms with Crippen LogP contribution in [0.2, 0.25) is 0 Å². The van der Waals surface area contributed by atoms with Crippen molar-refractivity contribution in [2.45, 2.75) is 129 Å². The molecule has 0 aromatic rings. The predicted octanol–water partition coefficient (Wildman–Crippen LogP) is -9.19. The average molecular weight is 752 g/mol. The Morgan fingerprint density at radius 1 is 0.510 bits per heavy atom. The molecule has 0 aliphatic carbocycles. The van der Waals surface area contributed by atoms with Crippen LogP contribution in [-0.2, 0) is 47.5 Å². The molecule has 8 unspecified atom stereocenters. The van der Waals surface area contributed by atoms with E-state index in [9.17, 15) is 76.0 Å². The van der Waals surface area contributed by atoms with E-state index >= 15 is 0 Å². The first-order valence-electron chi connectivity index (χ1n) is 15.8. The smallest absolute Gasteiger partial charge is 0.335 e. The highest BCUT2D eigenvalue weighted by molar-refractivity contribution is 5.73. The standard InChI is InChI=1S/C27H45NO23/c28-2-1-3-44-24-13(36)10(33)17(6(4-29)45-24)48-27-16(39)19(15(38)21(51-27)23(42)43)49-25-14(37)11(34)18(7(5-30)46-25)47-26-12(35)8(31)9(32)20(50-26)22(40)41/h6-21,24-27,29-39H,1-5,28H2,(H,40,41)(H,42,43)/t6?,7?,8?,9-,10?,11+,12-,13-,14?,15-,16-,17+,18+,19?,20?,21?,24+,25-,26+,27+/m0/s1. The molecule has 4 fully saturated rings. The van der Waals surface area contributed by atoms with Gasteiger partial charge in [0.1, 0.15) is 85.5 Å². The molecule has 0 aromatic carbocycles. The van der Waals surface area contributed by atoms with E-state index in [0.29, 0.717) is 6.42 Å². The number of aliphatic hydroxyl groups excluding tert-OH is 11. The van der Waals surface area contributed by atoms with Crippen LogP contribution in [0.15, 0.2) is 0 Å². The lowest BCUT2D eigenvalue weighted by molar-refractivity contribution is -0.385. The Balaban J connectivity index is 1.49. The Morgan fingerprint density at radius 2 is 0.922 bits per heavy atom. The quantitative estimate of drug-likeness (QED) is 0.0733. The number of hydrogen-bond donors (Lipinski definition) is 14. The fraction of sp³-hybridized carbons (Fsp3) is 0.926. The van der Waals surface area contributed by atoms with Gasteiger partial charge in [-0.1, -0.05) is 0 Å². The first-order valence-corrected chi connectivity index (χ1v) is 15.8. The first-order chi connectivity index (χ1) is 24.1. The van der Waals surface area contributed by atoms with Crippen LogP contribution in [0.25, 0.3) is 0 Å². The van der Waals surface area contributed by atoms with Gasteiger partial charge in [0, 0.05) is 0 Å². The summed E-state index contributed by atoms with van der Waals surface area (Å²) in [4.78, 5) is 23.5. The summed E-state index contributed by atoms with van der Waals surface area (Å²) in [6.07, 6.45) is -39.3. The largest absolute Gasteiger partial charge is 0.479 e. The fourth-order valence-corrected chi connectivity index (χ4v) is 5.92. The number of carboxylic acid groups (broad SMARTS) is 2. The van der Waals surface area contributed by atoms with Crippen molar-refractivity contribution in [2.75, 3.05) is 26.4 Å². The molecule has 20 atom stereocenters. The molecule has 0 bridgehead atoms. The van der Waals surface area contributed by atoms with Crippen molar-refractivity contribution in [1.29, 1.82) is 0 Å². The lowest BCUT2D eigenvalue weighted by Crippen LogP contribution is -2.68. The fourth-order valence-electron chi connectivity index (χ4n) is 5.92. The molecule has 4 saturated heterocycles. The molecular weight excluding hydrogens is 706 g/mol. The minimum atomic E-state index is -2.24. The third-order valence-corrected chi connectivity index (χ3v) is 8.75. The Kier molecular flexibility index (Phi) is 14.8. The van der Waals surface area contributed by atoms with Gasteiger partial charge in [-0.05, 0) is 13.0 Å². The minimum absolute atomic E-state index is 0.0127. The van der Waals surface area contributed by atoms with Crippen LogP contribution in [0.5, 0.6) is 0 Å². The van der Waals surface area contributed by atoms with Crippen molar-refractivity contribution < 1.29 is 114 Å². The molecule has 0 radical (unpaired) electrons. The molecule has 24 heteroatoms. The van der Waals surface area contributed by atoms with E-state index in [1.807, 2.05) is 0 Å². The van der Waals surface area contributed by atoms with Crippen molar-refractivity contribution in [3.8, 4) is 0 Å². The number of nitrogens with two attached hydrogens (primary N) is 1. The molecule has 4 heterocycles. The van der Waals surface area contributed by atoms with Crippen LogP contribution >= 0.6 is 0 Å². The normalized spacial score (nSPS) is 47.9. The van der Waals surface area contributed by atoms with Gasteiger partial charge in [0.05, 0.1) is 19.8 Å². The zero-order valence-electron chi connectivity index (χ0n) is 26.6. The van der Waals surface area contributed by atoms with E-state index < -0.39 is 148 Å². The second-order valence-corrected chi connectivity index (χ2v) is 12.2. The van der Waals surface area contributed by atoms with E-state index in [-0.39, 0.29) is 13.2 Å². The molecule has 296 valence electrons. The zero-order chi connectivity index (χ0) is 37.9. The Bertz CT molecular complexity index is 1130. The van der Waals surface area contributed by atoms with Crippen molar-refractivity contribution in [3.05, 3.63) is 0 Å². The summed E-state index contributed by atoms with van der Waals surface area (Å²) in [5.74, 6) is -3.57. The first kappa shape index (κ1) is 41.9. The summed E-state index contributed by atoms with van der Waals surface area (Å²) in [6.45, 7) is -1.63. The number of aliphatic hydroxyl groups is 11. The lowest BCUT2D eigenvalue weighted by atomic mass is 9.95. The molecule has 4 rings (SSSR count). The topological polar surface area (TPSA) is 397 Å². The van der Waals surface area contributed by atoms with Gasteiger partial charge >= 0.3 is 11.9 Å². The summed E-state index contributed by atoms with van der Waals surface area (Å²) in [5, 5.41) is 134. The maximum absolute atomic E-state index is 12.0. The van der Waals surface area contributed by atoms with Gasteiger partial charge in [-0.3, -0.25) is 0 Å². The maximum Gasteiger partial charge on any atom is 0.335 e. The second-order valence-electron chi connectivity index (χ2n) is 12.2. The Morgan fingerprint density at radius 3 is 1.41 bits per heavy atom. The van der Waals surface area contributed by atoms with Crippen LogP contribution in [0.1, 0.15) is 6.42 Å². The van der Waals surface area contributed by atoms with Crippen molar-refractivity contribution >= 4 is 11.9 Å². The van der Waals surface area contributed by atoms with Crippen molar-refractivity contribution in [2.24, 2.45) is 5.73 Å². The number of carboxylic acids is 2. The van der Waals surface area contributed by atoms with Crippen LogP contribution in [0.3, 0.4) is 0 Å². The van der Waals surface area contributed by atoms with Crippen LogP contribution < -0.4 is 5.73 Å². The molecule has 0 amide bonds. The third kappa shape index (κ3) is 8.93. The van der Waals surface area contributed by atoms with Crippen molar-refractivity contribution in [3.63, 3.8) is 0 Å². The van der Waals surface area contributed by atoms with E-state index in [4.69, 9.17) is 43.6 Å². The van der Waals surface area contributed by atoms with Gasteiger partial charge in [0.25, 0.3) is 0 Å². The molecule has 0 aromatic heterocycles. The monoisotopic (exact) mass is 751 g/mol. The summed E-state index contributed by atoms with van der Waals surface area (Å²) >= 11 is 0. The van der Waals surface area contributed by atoms with Gasteiger partial charge in [0.2, 0.25) is 0 Å². The van der Waals surface area contributed by atoms with E-state index in [0.717, 1.165) is 0 Å². The van der Waals surface area contributed by atoms with Gasteiger partial charge < -0.3 is 110 Å². The third-order valence-electron chi connectivity index (χ3n) is 8.75. The predicted molar refractivity (Wildman–Crippen MR) is 152 cm³/mol. The number of ether oxygens (including phenoxy) is 8.